The summed E-state index contributed by atoms with van der Waals surface area (Å²) < 4.78 is 27.4. The van der Waals surface area contributed by atoms with Crippen LogP contribution in [0.3, 0.4) is 0 Å². The molecule has 0 spiro atoms. The number of halogens is 2. The van der Waals surface area contributed by atoms with Gasteiger partial charge < -0.3 is 10.2 Å². The third-order valence-electron chi connectivity index (χ3n) is 5.74. The van der Waals surface area contributed by atoms with E-state index in [9.17, 15) is 8.78 Å². The molecule has 2 aromatic heterocycles. The van der Waals surface area contributed by atoms with Gasteiger partial charge in [0.1, 0.15) is 5.04 Å². The molecule has 0 amide bonds. The Balaban J connectivity index is 1.80. The Hall–Kier alpha value is -1.50. The monoisotopic (exact) mass is 423 g/mol. The number of hydrogen-bond donors (Lipinski definition) is 2. The minimum atomic E-state index is -2.63. The van der Waals surface area contributed by atoms with Crippen LogP contribution >= 0.6 is 20.6 Å². The fourth-order valence-corrected chi connectivity index (χ4v) is 4.54. The van der Waals surface area contributed by atoms with Gasteiger partial charge >= 0.3 is 0 Å². The molecule has 2 N–H and O–H groups in total. The molecule has 1 aliphatic carbocycles. The summed E-state index contributed by atoms with van der Waals surface area (Å²) in [7, 11) is 2.93. The van der Waals surface area contributed by atoms with E-state index in [0.29, 0.717) is 23.6 Å². The molecule has 1 aliphatic heterocycles. The topological polar surface area (TPSA) is 56.4 Å². The number of nitrogens with one attached hydrogen (secondary N) is 2. The summed E-state index contributed by atoms with van der Waals surface area (Å²) in [5, 5.41) is 11.7. The van der Waals surface area contributed by atoms with Gasteiger partial charge in [0.25, 0.3) is 6.43 Å². The first-order valence-electron chi connectivity index (χ1n) is 9.42. The molecule has 1 saturated carbocycles. The van der Waals surface area contributed by atoms with Crippen LogP contribution in [0.4, 0.5) is 14.5 Å². The van der Waals surface area contributed by atoms with E-state index >= 15 is 0 Å². The zero-order valence-corrected chi connectivity index (χ0v) is 17.7. The lowest BCUT2D eigenvalue weighted by Gasteiger charge is -2.36. The zero-order valence-electron chi connectivity index (χ0n) is 15.9. The number of thioether (sulfide) groups is 1. The number of piperazine rings is 1. The van der Waals surface area contributed by atoms with E-state index in [4.69, 9.17) is 5.41 Å². The van der Waals surface area contributed by atoms with Gasteiger partial charge in [0.2, 0.25) is 0 Å². The molecule has 0 aromatic carbocycles. The van der Waals surface area contributed by atoms with Crippen molar-refractivity contribution in [3.63, 3.8) is 0 Å². The third-order valence-corrected chi connectivity index (χ3v) is 7.05. The van der Waals surface area contributed by atoms with E-state index in [0.717, 1.165) is 43.7 Å². The molecule has 2 aliphatic rings. The van der Waals surface area contributed by atoms with Crippen LogP contribution in [0, 0.1) is 5.41 Å². The highest BCUT2D eigenvalue weighted by Gasteiger charge is 2.40. The minimum Gasteiger partial charge on any atom is -0.365 e. The van der Waals surface area contributed by atoms with Crippen molar-refractivity contribution in [3.8, 4) is 0 Å². The molecule has 9 heteroatoms. The molecule has 150 valence electrons. The van der Waals surface area contributed by atoms with E-state index in [-0.39, 0.29) is 15.1 Å². The third kappa shape index (κ3) is 3.58. The number of rotatable bonds is 5. The molecule has 2 aromatic rings. The van der Waals surface area contributed by atoms with Crippen molar-refractivity contribution < 1.29 is 8.78 Å². The van der Waals surface area contributed by atoms with Crippen molar-refractivity contribution in [2.75, 3.05) is 24.5 Å². The Morgan fingerprint density at radius 3 is 2.86 bits per heavy atom. The van der Waals surface area contributed by atoms with Crippen LogP contribution in [0.2, 0.25) is 0 Å². The van der Waals surface area contributed by atoms with Gasteiger partial charge in [-0.05, 0) is 36.8 Å². The standard InChI is InChI=1S/C19H24F2N5PS/c1-11-8-23-5-6-25(11)13-7-12(19(2)3-4-19)10-26-14(13)9-24-17(26)16(22)28-18(27)15(20)21/h7,9-11,15,22-23,27H,3-6,8H2,1-2H3. The number of aromatic nitrogens is 2. The van der Waals surface area contributed by atoms with Crippen LogP contribution in [0.25, 0.3) is 5.52 Å². The molecule has 2 fully saturated rings. The average Bonchev–Trinajstić information content (AvgIpc) is 3.26. The molecule has 0 radical (unpaired) electrons. The molecule has 1 unspecified atom stereocenters. The van der Waals surface area contributed by atoms with Gasteiger partial charge in [0, 0.05) is 31.9 Å². The molecule has 0 bridgehead atoms. The number of hydrogen-bond acceptors (Lipinski definition) is 5. The molecular weight excluding hydrogens is 399 g/mol. The number of imidazole rings is 1. The zero-order chi connectivity index (χ0) is 20.1. The molecule has 3 heterocycles. The smallest absolute Gasteiger partial charge is 0.273 e. The summed E-state index contributed by atoms with van der Waals surface area (Å²) in [5.41, 5.74) is 3.38. The fourth-order valence-electron chi connectivity index (χ4n) is 3.68. The summed E-state index contributed by atoms with van der Waals surface area (Å²) in [6.45, 7) is 7.17. The van der Waals surface area contributed by atoms with Crippen LogP contribution in [-0.4, -0.2) is 51.2 Å². The highest BCUT2D eigenvalue weighted by molar-refractivity contribution is 8.29. The Kier molecular flexibility index (Phi) is 5.23. The predicted octanol–water partition coefficient (Wildman–Crippen LogP) is 3.78. The maximum atomic E-state index is 12.9. The van der Waals surface area contributed by atoms with Crippen molar-refractivity contribution in [2.24, 2.45) is 0 Å². The Morgan fingerprint density at radius 2 is 2.21 bits per heavy atom. The van der Waals surface area contributed by atoms with Gasteiger partial charge in [-0.1, -0.05) is 18.7 Å². The Bertz CT molecular complexity index is 940. The quantitative estimate of drug-likeness (QED) is 0.437. The van der Waals surface area contributed by atoms with Crippen molar-refractivity contribution in [3.05, 3.63) is 29.8 Å². The second-order valence-corrected chi connectivity index (χ2v) is 9.81. The highest BCUT2D eigenvalue weighted by Crippen LogP contribution is 2.48. The van der Waals surface area contributed by atoms with E-state index in [1.165, 1.54) is 5.56 Å². The van der Waals surface area contributed by atoms with Gasteiger partial charge in [-0.25, -0.2) is 13.8 Å². The van der Waals surface area contributed by atoms with Crippen molar-refractivity contribution >= 4 is 41.5 Å². The lowest BCUT2D eigenvalue weighted by Crippen LogP contribution is -2.50. The first-order valence-corrected chi connectivity index (χ1v) is 10.7. The van der Waals surface area contributed by atoms with Crippen LogP contribution in [0.15, 0.2) is 18.5 Å². The van der Waals surface area contributed by atoms with E-state index in [1.54, 1.807) is 6.20 Å². The Labute approximate surface area is 169 Å². The second-order valence-electron chi connectivity index (χ2n) is 7.85. The van der Waals surface area contributed by atoms with Crippen molar-refractivity contribution in [1.29, 1.82) is 5.41 Å². The lowest BCUT2D eigenvalue weighted by atomic mass is 9.99. The van der Waals surface area contributed by atoms with E-state index < -0.39 is 6.43 Å². The molecule has 5 nitrogen and oxygen atoms in total. The predicted molar refractivity (Wildman–Crippen MR) is 115 cm³/mol. The fraction of sp³-hybridized carbons (Fsp3) is 0.526. The lowest BCUT2D eigenvalue weighted by molar-refractivity contribution is 0.232. The molecular formula is C19H24F2N5PS. The van der Waals surface area contributed by atoms with Crippen molar-refractivity contribution in [2.45, 2.75) is 44.6 Å². The minimum absolute atomic E-state index is 0.00251. The first kappa shape index (κ1) is 19.8. The summed E-state index contributed by atoms with van der Waals surface area (Å²) in [6.07, 6.45) is 3.42. The van der Waals surface area contributed by atoms with Gasteiger partial charge in [-0.2, -0.15) is 0 Å². The van der Waals surface area contributed by atoms with E-state index in [2.05, 4.69) is 44.0 Å². The van der Waals surface area contributed by atoms with Crippen molar-refractivity contribution in [1.82, 2.24) is 14.7 Å². The normalized spacial score (nSPS) is 21.3. The second kappa shape index (κ2) is 7.39. The number of nitrogens with zero attached hydrogens (tertiary/aromatic N) is 3. The first-order chi connectivity index (χ1) is 13.3. The average molecular weight is 423 g/mol. The van der Waals surface area contributed by atoms with Crippen LogP contribution < -0.4 is 10.2 Å². The maximum Gasteiger partial charge on any atom is 0.273 e. The van der Waals surface area contributed by atoms with Gasteiger partial charge in [0.05, 0.1) is 22.0 Å². The summed E-state index contributed by atoms with van der Waals surface area (Å²) >= 11 is 0.708. The summed E-state index contributed by atoms with van der Waals surface area (Å²) in [6, 6.07) is 2.60. The van der Waals surface area contributed by atoms with Crippen LogP contribution in [-0.2, 0) is 5.41 Å². The summed E-state index contributed by atoms with van der Waals surface area (Å²) in [4.78, 5) is 6.81. The maximum absolute atomic E-state index is 12.9. The van der Waals surface area contributed by atoms with Gasteiger partial charge in [0.15, 0.2) is 5.82 Å². The van der Waals surface area contributed by atoms with E-state index in [1.807, 2.05) is 10.6 Å². The van der Waals surface area contributed by atoms with Crippen LogP contribution in [0.5, 0.6) is 0 Å². The highest BCUT2D eigenvalue weighted by atomic mass is 32.2. The number of pyridine rings is 1. The Morgan fingerprint density at radius 1 is 1.46 bits per heavy atom. The largest absolute Gasteiger partial charge is 0.365 e. The number of anilines is 1. The SMILES string of the molecule is CC1CNCCN1c1cc(C2(C)CC2)cn2c(C(=N)SC(=P)C(F)F)ncc12. The molecule has 1 saturated heterocycles. The van der Waals surface area contributed by atoms with Crippen LogP contribution in [0.1, 0.15) is 38.1 Å². The van der Waals surface area contributed by atoms with Gasteiger partial charge in [-0.3, -0.25) is 9.81 Å². The molecule has 1 atom stereocenters. The number of alkyl halides is 2. The van der Waals surface area contributed by atoms with Gasteiger partial charge in [-0.15, -0.1) is 8.86 Å². The number of fused-ring (bicyclic) bond motifs is 1. The molecule has 28 heavy (non-hydrogen) atoms. The molecule has 4 rings (SSSR count). The summed E-state index contributed by atoms with van der Waals surface area (Å²) in [5.74, 6) is 0.395.